The number of fused-ring (bicyclic) bond motifs is 2. The molecular weight excluding hydrogens is 378 g/mol. The van der Waals surface area contributed by atoms with Gasteiger partial charge in [0, 0.05) is 5.39 Å². The highest BCUT2D eigenvalue weighted by Gasteiger charge is 2.35. The smallest absolute Gasteiger partial charge is 0.201 e. The van der Waals surface area contributed by atoms with Crippen molar-refractivity contribution >= 4 is 10.8 Å². The Morgan fingerprint density at radius 1 is 1.03 bits per heavy atom. The summed E-state index contributed by atoms with van der Waals surface area (Å²) in [6.07, 6.45) is 13.4. The topological polar surface area (TPSA) is 9.23 Å². The zero-order valence-electron chi connectivity index (χ0n) is 18.1. The minimum Gasteiger partial charge on any atom is -0.486 e. The number of halogens is 2. The molecule has 1 nitrogen and oxygen atoms in total. The molecule has 0 heterocycles. The van der Waals surface area contributed by atoms with E-state index in [-0.39, 0.29) is 12.4 Å². The Hall–Kier alpha value is -1.90. The van der Waals surface area contributed by atoms with E-state index in [1.54, 1.807) is 6.07 Å². The third-order valence-electron chi connectivity index (χ3n) is 7.53. The summed E-state index contributed by atoms with van der Waals surface area (Å²) in [5.74, 6) is 1.30. The van der Waals surface area contributed by atoms with Crippen LogP contribution in [0.3, 0.4) is 0 Å². The Labute approximate surface area is 179 Å². The van der Waals surface area contributed by atoms with Gasteiger partial charge in [-0.2, -0.15) is 4.39 Å². The maximum atomic E-state index is 14.8. The molecule has 4 atom stereocenters. The molecule has 2 unspecified atom stereocenters. The molecule has 0 aromatic heterocycles. The highest BCUT2D eigenvalue weighted by molar-refractivity contribution is 5.85. The molecule has 162 valence electrons. The maximum Gasteiger partial charge on any atom is 0.201 e. The first-order chi connectivity index (χ1) is 14.6. The van der Waals surface area contributed by atoms with Crippen LogP contribution in [0.25, 0.3) is 10.8 Å². The van der Waals surface area contributed by atoms with Crippen LogP contribution in [-0.4, -0.2) is 6.61 Å². The normalized spacial score (nSPS) is 26.4. The molecular formula is C27H34F2O. The lowest BCUT2D eigenvalue weighted by Gasteiger charge is -2.42. The van der Waals surface area contributed by atoms with Crippen molar-refractivity contribution in [2.75, 3.05) is 6.61 Å². The number of rotatable bonds is 7. The summed E-state index contributed by atoms with van der Waals surface area (Å²) in [5, 5.41) is 1.04. The predicted molar refractivity (Wildman–Crippen MR) is 120 cm³/mol. The Morgan fingerprint density at radius 3 is 2.63 bits per heavy atom. The molecule has 2 aromatic carbocycles. The van der Waals surface area contributed by atoms with Gasteiger partial charge in [-0.15, -0.1) is 0 Å². The second-order valence-electron chi connectivity index (χ2n) is 9.43. The minimum atomic E-state index is -0.907. The van der Waals surface area contributed by atoms with Gasteiger partial charge in [0.15, 0.2) is 11.6 Å². The average Bonchev–Trinajstić information content (AvgIpc) is 2.78. The second kappa shape index (κ2) is 9.49. The summed E-state index contributed by atoms with van der Waals surface area (Å²) in [7, 11) is 0. The molecule has 3 heteroatoms. The fraction of sp³-hybridized carbons (Fsp3) is 0.556. The number of unbranched alkanes of at least 4 members (excludes halogenated alkanes) is 1. The van der Waals surface area contributed by atoms with Crippen molar-refractivity contribution in [1.29, 1.82) is 0 Å². The molecule has 0 amide bonds. The van der Waals surface area contributed by atoms with E-state index in [0.29, 0.717) is 16.7 Å². The Kier molecular flexibility index (Phi) is 6.75. The van der Waals surface area contributed by atoms with Gasteiger partial charge >= 0.3 is 0 Å². The van der Waals surface area contributed by atoms with Crippen LogP contribution >= 0.6 is 0 Å². The van der Waals surface area contributed by atoms with Gasteiger partial charge in [0.05, 0.1) is 0 Å². The van der Waals surface area contributed by atoms with Gasteiger partial charge in [0.25, 0.3) is 0 Å². The van der Waals surface area contributed by atoms with Crippen molar-refractivity contribution < 1.29 is 13.5 Å². The highest BCUT2D eigenvalue weighted by Crippen LogP contribution is 2.48. The molecule has 0 N–H and O–H groups in total. The largest absolute Gasteiger partial charge is 0.486 e. The van der Waals surface area contributed by atoms with Crippen LogP contribution in [0.4, 0.5) is 8.78 Å². The minimum absolute atomic E-state index is 0.0482. The van der Waals surface area contributed by atoms with E-state index < -0.39 is 11.6 Å². The van der Waals surface area contributed by atoms with Gasteiger partial charge in [-0.1, -0.05) is 57.4 Å². The highest BCUT2D eigenvalue weighted by atomic mass is 19.2. The molecule has 2 aromatic rings. The lowest BCUT2D eigenvalue weighted by atomic mass is 9.63. The van der Waals surface area contributed by atoms with Crippen LogP contribution in [0, 0.1) is 29.4 Å². The first-order valence-electron chi connectivity index (χ1n) is 11.8. The summed E-state index contributed by atoms with van der Waals surface area (Å²) in [6, 6.07) is 7.49. The molecule has 0 radical (unpaired) electrons. The summed E-state index contributed by atoms with van der Waals surface area (Å²) in [4.78, 5) is 0. The first-order valence-corrected chi connectivity index (χ1v) is 11.8. The Bertz CT molecular complexity index is 890. The number of ether oxygens (including phenoxy) is 1. The van der Waals surface area contributed by atoms with Crippen molar-refractivity contribution in [3.05, 3.63) is 54.1 Å². The summed E-state index contributed by atoms with van der Waals surface area (Å²) in [5.41, 5.74) is 1.16. The zero-order chi connectivity index (χ0) is 21.1. The standard InChI is InChI=1S/C27H34F2O/c1-3-5-6-18-7-8-20-15-21(10-9-19(20)14-18)22-11-12-23-17-25(30-13-4-2)27(29)26(28)24(23)16-22/h4,11-12,16-21H,2-3,5-10,13-15H2,1H3/t18?,19-,20?,21-/m1/s1. The van der Waals surface area contributed by atoms with E-state index in [1.807, 2.05) is 12.1 Å². The lowest BCUT2D eigenvalue weighted by molar-refractivity contribution is 0.113. The van der Waals surface area contributed by atoms with Crippen molar-refractivity contribution in [2.45, 2.75) is 70.6 Å². The van der Waals surface area contributed by atoms with Crippen molar-refractivity contribution in [2.24, 2.45) is 17.8 Å². The van der Waals surface area contributed by atoms with Crippen LogP contribution in [0.15, 0.2) is 36.9 Å². The van der Waals surface area contributed by atoms with Crippen molar-refractivity contribution in [3.8, 4) is 5.75 Å². The van der Waals surface area contributed by atoms with Gasteiger partial charge in [-0.05, 0) is 78.9 Å². The molecule has 0 saturated heterocycles. The van der Waals surface area contributed by atoms with E-state index in [2.05, 4.69) is 19.6 Å². The van der Waals surface area contributed by atoms with Gasteiger partial charge in [-0.3, -0.25) is 0 Å². The Morgan fingerprint density at radius 2 is 1.83 bits per heavy atom. The quantitative estimate of drug-likeness (QED) is 0.417. The van der Waals surface area contributed by atoms with Crippen LogP contribution in [0.5, 0.6) is 5.75 Å². The molecule has 0 spiro atoms. The number of benzene rings is 2. The molecule has 2 saturated carbocycles. The Balaban J connectivity index is 1.49. The van der Waals surface area contributed by atoms with E-state index in [1.165, 1.54) is 57.4 Å². The molecule has 4 rings (SSSR count). The average molecular weight is 413 g/mol. The third-order valence-corrected chi connectivity index (χ3v) is 7.53. The molecule has 2 fully saturated rings. The van der Waals surface area contributed by atoms with Crippen molar-refractivity contribution in [1.82, 2.24) is 0 Å². The lowest BCUT2D eigenvalue weighted by Crippen LogP contribution is -2.30. The van der Waals surface area contributed by atoms with E-state index in [4.69, 9.17) is 4.74 Å². The first kappa shape index (κ1) is 21.3. The molecule has 30 heavy (non-hydrogen) atoms. The van der Waals surface area contributed by atoms with E-state index in [9.17, 15) is 8.78 Å². The fourth-order valence-corrected chi connectivity index (χ4v) is 5.87. The summed E-state index contributed by atoms with van der Waals surface area (Å²) >= 11 is 0. The number of hydrogen-bond donors (Lipinski definition) is 0. The maximum absolute atomic E-state index is 14.8. The molecule has 2 aliphatic rings. The molecule has 0 aliphatic heterocycles. The second-order valence-corrected chi connectivity index (χ2v) is 9.43. The van der Waals surface area contributed by atoms with Gasteiger partial charge in [0.2, 0.25) is 5.82 Å². The predicted octanol–water partition coefficient (Wildman–Crippen LogP) is 8.17. The summed E-state index contributed by atoms with van der Waals surface area (Å²) < 4.78 is 34.5. The molecule has 0 bridgehead atoms. The van der Waals surface area contributed by atoms with Gasteiger partial charge < -0.3 is 4.74 Å². The molecule has 2 aliphatic carbocycles. The van der Waals surface area contributed by atoms with Gasteiger partial charge in [-0.25, -0.2) is 4.39 Å². The third kappa shape index (κ3) is 4.40. The van der Waals surface area contributed by atoms with Crippen LogP contribution in [-0.2, 0) is 0 Å². The van der Waals surface area contributed by atoms with Crippen molar-refractivity contribution in [3.63, 3.8) is 0 Å². The number of hydrogen-bond acceptors (Lipinski definition) is 1. The van der Waals surface area contributed by atoms with E-state index >= 15 is 0 Å². The van der Waals surface area contributed by atoms with E-state index in [0.717, 1.165) is 29.7 Å². The van der Waals surface area contributed by atoms with Gasteiger partial charge in [0.1, 0.15) is 6.61 Å². The fourth-order valence-electron chi connectivity index (χ4n) is 5.87. The zero-order valence-corrected chi connectivity index (χ0v) is 18.1. The van der Waals surface area contributed by atoms with Crippen LogP contribution in [0.2, 0.25) is 0 Å². The monoisotopic (exact) mass is 412 g/mol. The SMILES string of the molecule is C=CCOc1cc2ccc([C@@H]3CC[C@@H]4CC(CCCC)CCC4C3)cc2c(F)c1F. The summed E-state index contributed by atoms with van der Waals surface area (Å²) in [6.45, 7) is 6.00. The van der Waals surface area contributed by atoms with Crippen LogP contribution in [0.1, 0.15) is 76.2 Å². The van der Waals surface area contributed by atoms with Crippen LogP contribution < -0.4 is 4.74 Å².